The summed E-state index contributed by atoms with van der Waals surface area (Å²) in [6.45, 7) is 0.585. The molecular weight excluding hydrogens is 317 g/mol. The Morgan fingerprint density at radius 1 is 1.50 bits per heavy atom. The second-order valence-electron chi connectivity index (χ2n) is 3.96. The molecule has 1 saturated carbocycles. The summed E-state index contributed by atoms with van der Waals surface area (Å²) in [6.07, 6.45) is 8.35. The monoisotopic (exact) mass is 335 g/mol. The van der Waals surface area contributed by atoms with Crippen molar-refractivity contribution in [2.75, 3.05) is 0 Å². The smallest absolute Gasteiger partial charge is 0.189 e. The predicted octanol–water partition coefficient (Wildman–Crippen LogP) is 2.24. The number of nitrogens with two attached hydrogens (primary N) is 1. The predicted molar refractivity (Wildman–Crippen MR) is 74.8 cm³/mol. The fourth-order valence-corrected chi connectivity index (χ4v) is 1.88. The third kappa shape index (κ3) is 4.03. The van der Waals surface area contributed by atoms with Gasteiger partial charge < -0.3 is 15.5 Å². The quantitative estimate of drug-likeness (QED) is 0.506. The van der Waals surface area contributed by atoms with Crippen LogP contribution in [0.3, 0.4) is 0 Å². The van der Waals surface area contributed by atoms with E-state index in [4.69, 9.17) is 10.2 Å². The molecule has 5 heteroatoms. The minimum absolute atomic E-state index is 0. The van der Waals surface area contributed by atoms with Crippen molar-refractivity contribution >= 4 is 29.9 Å². The van der Waals surface area contributed by atoms with Gasteiger partial charge in [0, 0.05) is 11.6 Å². The van der Waals surface area contributed by atoms with Crippen molar-refractivity contribution in [3.63, 3.8) is 0 Å². The highest BCUT2D eigenvalue weighted by molar-refractivity contribution is 14.0. The van der Waals surface area contributed by atoms with Gasteiger partial charge in [0.25, 0.3) is 0 Å². The summed E-state index contributed by atoms with van der Waals surface area (Å²) in [6, 6.07) is 2.42. The molecule has 0 aromatic carbocycles. The van der Waals surface area contributed by atoms with Gasteiger partial charge in [-0.15, -0.1) is 24.0 Å². The van der Waals surface area contributed by atoms with Gasteiger partial charge in [0.15, 0.2) is 5.96 Å². The molecule has 3 N–H and O–H groups in total. The highest BCUT2D eigenvalue weighted by atomic mass is 127. The normalized spacial score (nSPS) is 17.1. The Morgan fingerprint density at radius 3 is 2.88 bits per heavy atom. The molecule has 1 aromatic rings. The van der Waals surface area contributed by atoms with Crippen LogP contribution < -0.4 is 11.1 Å². The summed E-state index contributed by atoms with van der Waals surface area (Å²) in [7, 11) is 0. The van der Waals surface area contributed by atoms with Crippen molar-refractivity contribution in [3.05, 3.63) is 24.2 Å². The Morgan fingerprint density at radius 2 is 2.25 bits per heavy atom. The maximum absolute atomic E-state index is 5.78. The number of nitrogens with one attached hydrogen (secondary N) is 1. The second kappa shape index (κ2) is 6.78. The Kier molecular flexibility index (Phi) is 5.65. The lowest BCUT2D eigenvalue weighted by molar-refractivity contribution is 0.564. The van der Waals surface area contributed by atoms with Crippen LogP contribution in [0.1, 0.15) is 31.2 Å². The van der Waals surface area contributed by atoms with Crippen LogP contribution in [-0.4, -0.2) is 12.0 Å². The number of halogens is 1. The van der Waals surface area contributed by atoms with E-state index in [0.29, 0.717) is 18.5 Å². The Balaban J connectivity index is 0.00000128. The van der Waals surface area contributed by atoms with Crippen molar-refractivity contribution in [3.8, 4) is 0 Å². The molecule has 1 aliphatic rings. The minimum atomic E-state index is 0. The van der Waals surface area contributed by atoms with Crippen LogP contribution >= 0.6 is 24.0 Å². The minimum Gasteiger partial charge on any atom is -0.472 e. The molecule has 1 aliphatic carbocycles. The number of hydrogen-bond donors (Lipinski definition) is 2. The van der Waals surface area contributed by atoms with Gasteiger partial charge in [-0.3, -0.25) is 0 Å². The molecule has 0 aliphatic heterocycles. The van der Waals surface area contributed by atoms with Crippen molar-refractivity contribution in [2.24, 2.45) is 10.7 Å². The first-order chi connectivity index (χ1) is 7.34. The van der Waals surface area contributed by atoms with Gasteiger partial charge in [0.05, 0.1) is 19.1 Å². The number of aliphatic imine (C=N–C) groups is 1. The third-order valence-corrected chi connectivity index (χ3v) is 2.72. The van der Waals surface area contributed by atoms with Crippen LogP contribution in [0.4, 0.5) is 0 Å². The zero-order valence-electron chi connectivity index (χ0n) is 9.19. The van der Waals surface area contributed by atoms with Crippen LogP contribution in [0.2, 0.25) is 0 Å². The van der Waals surface area contributed by atoms with Crippen LogP contribution in [0, 0.1) is 0 Å². The number of nitrogens with zero attached hydrogens (tertiary/aromatic N) is 1. The van der Waals surface area contributed by atoms with Gasteiger partial charge >= 0.3 is 0 Å². The Hall–Kier alpha value is -0.720. The molecule has 90 valence electrons. The first kappa shape index (κ1) is 13.3. The van der Waals surface area contributed by atoms with Crippen molar-refractivity contribution in [1.29, 1.82) is 0 Å². The molecule has 0 saturated heterocycles. The topological polar surface area (TPSA) is 63.5 Å². The summed E-state index contributed by atoms with van der Waals surface area (Å²) in [4.78, 5) is 4.25. The van der Waals surface area contributed by atoms with E-state index < -0.39 is 0 Å². The molecule has 0 unspecified atom stereocenters. The van der Waals surface area contributed by atoms with Gasteiger partial charge in [-0.05, 0) is 18.9 Å². The second-order valence-corrected chi connectivity index (χ2v) is 3.96. The van der Waals surface area contributed by atoms with E-state index in [1.807, 2.05) is 6.07 Å². The van der Waals surface area contributed by atoms with E-state index in [1.165, 1.54) is 25.7 Å². The molecule has 1 fully saturated rings. The van der Waals surface area contributed by atoms with E-state index in [2.05, 4.69) is 10.3 Å². The zero-order valence-corrected chi connectivity index (χ0v) is 11.5. The van der Waals surface area contributed by atoms with Crippen molar-refractivity contribution in [1.82, 2.24) is 5.32 Å². The summed E-state index contributed by atoms with van der Waals surface area (Å²) < 4.78 is 4.95. The lowest BCUT2D eigenvalue weighted by Crippen LogP contribution is -2.38. The largest absolute Gasteiger partial charge is 0.472 e. The molecule has 0 radical (unpaired) electrons. The van der Waals surface area contributed by atoms with E-state index in [-0.39, 0.29) is 24.0 Å². The van der Waals surface area contributed by atoms with Crippen LogP contribution in [0.5, 0.6) is 0 Å². The van der Waals surface area contributed by atoms with E-state index in [0.717, 1.165) is 5.56 Å². The highest BCUT2D eigenvalue weighted by Crippen LogP contribution is 2.17. The van der Waals surface area contributed by atoms with E-state index in [9.17, 15) is 0 Å². The van der Waals surface area contributed by atoms with Crippen molar-refractivity contribution < 1.29 is 4.42 Å². The van der Waals surface area contributed by atoms with Gasteiger partial charge in [-0.25, -0.2) is 4.99 Å². The molecule has 0 amide bonds. The molecular formula is C11H18IN3O. The maximum Gasteiger partial charge on any atom is 0.189 e. The lowest BCUT2D eigenvalue weighted by atomic mass is 10.2. The highest BCUT2D eigenvalue weighted by Gasteiger charge is 2.14. The molecule has 2 rings (SSSR count). The van der Waals surface area contributed by atoms with E-state index >= 15 is 0 Å². The number of guanidine groups is 1. The average molecular weight is 335 g/mol. The van der Waals surface area contributed by atoms with Crippen LogP contribution in [0.25, 0.3) is 0 Å². The van der Waals surface area contributed by atoms with Crippen molar-refractivity contribution in [2.45, 2.75) is 38.3 Å². The maximum atomic E-state index is 5.78. The van der Waals surface area contributed by atoms with Gasteiger partial charge in [-0.2, -0.15) is 0 Å². The molecule has 0 spiro atoms. The fourth-order valence-electron chi connectivity index (χ4n) is 1.88. The summed E-state index contributed by atoms with van der Waals surface area (Å²) in [5.74, 6) is 0.545. The Bertz CT molecular complexity index is 318. The van der Waals surface area contributed by atoms with Gasteiger partial charge in [0.2, 0.25) is 0 Å². The number of furan rings is 1. The molecule has 1 heterocycles. The Labute approximate surface area is 113 Å². The first-order valence-corrected chi connectivity index (χ1v) is 5.42. The SMILES string of the molecule is I.NC(=NCc1ccoc1)NC1CCCC1. The number of hydrogen-bond acceptors (Lipinski definition) is 2. The lowest BCUT2D eigenvalue weighted by Gasteiger charge is -2.11. The third-order valence-electron chi connectivity index (χ3n) is 2.72. The average Bonchev–Trinajstić information content (AvgIpc) is 2.86. The van der Waals surface area contributed by atoms with Gasteiger partial charge in [-0.1, -0.05) is 12.8 Å². The van der Waals surface area contributed by atoms with E-state index in [1.54, 1.807) is 12.5 Å². The van der Waals surface area contributed by atoms with Crippen LogP contribution in [-0.2, 0) is 6.54 Å². The summed E-state index contributed by atoms with van der Waals surface area (Å²) >= 11 is 0. The summed E-state index contributed by atoms with van der Waals surface area (Å²) in [5, 5.41) is 3.24. The van der Waals surface area contributed by atoms with Gasteiger partial charge in [0.1, 0.15) is 0 Å². The molecule has 0 atom stereocenters. The molecule has 16 heavy (non-hydrogen) atoms. The number of rotatable bonds is 3. The summed E-state index contributed by atoms with van der Waals surface area (Å²) in [5.41, 5.74) is 6.83. The molecule has 0 bridgehead atoms. The molecule has 1 aromatic heterocycles. The van der Waals surface area contributed by atoms with Crippen LogP contribution in [0.15, 0.2) is 28.0 Å². The standard InChI is InChI=1S/C11H17N3O.HI/c12-11(14-10-3-1-2-4-10)13-7-9-5-6-15-8-9;/h5-6,8,10H,1-4,7H2,(H3,12,13,14);1H. The molecule has 4 nitrogen and oxygen atoms in total. The fraction of sp³-hybridized carbons (Fsp3) is 0.545. The zero-order chi connectivity index (χ0) is 10.5. The first-order valence-electron chi connectivity index (χ1n) is 5.42.